The van der Waals surface area contributed by atoms with E-state index in [-0.39, 0.29) is 11.3 Å². The number of amides is 1. The molecule has 0 bridgehead atoms. The molecule has 186 valence electrons. The number of morpholine rings is 1. The van der Waals surface area contributed by atoms with E-state index in [9.17, 15) is 14.7 Å². The molecule has 0 unspecified atom stereocenters. The van der Waals surface area contributed by atoms with E-state index in [1.54, 1.807) is 29.2 Å². The van der Waals surface area contributed by atoms with Crippen LogP contribution >= 0.6 is 0 Å². The molecule has 1 atom stereocenters. The Labute approximate surface area is 206 Å². The number of aliphatic hydroxyl groups excluding tert-OH is 1. The summed E-state index contributed by atoms with van der Waals surface area (Å²) < 4.78 is 11.2. The number of benzene rings is 2. The summed E-state index contributed by atoms with van der Waals surface area (Å²) in [4.78, 5) is 30.2. The predicted octanol–water partition coefficient (Wildman–Crippen LogP) is 3.78. The molecule has 2 aromatic carbocycles. The van der Waals surface area contributed by atoms with Gasteiger partial charge in [0.2, 0.25) is 0 Å². The van der Waals surface area contributed by atoms with Crippen molar-refractivity contribution in [3.8, 4) is 5.75 Å². The number of aliphatic hydroxyl groups is 1. The fourth-order valence-electron chi connectivity index (χ4n) is 4.41. The van der Waals surface area contributed by atoms with Crippen LogP contribution in [0.25, 0.3) is 5.76 Å². The van der Waals surface area contributed by atoms with Crippen molar-refractivity contribution < 1.29 is 24.2 Å². The van der Waals surface area contributed by atoms with E-state index in [1.165, 1.54) is 0 Å². The van der Waals surface area contributed by atoms with Crippen LogP contribution in [0, 0.1) is 12.8 Å². The lowest BCUT2D eigenvalue weighted by molar-refractivity contribution is -0.140. The number of rotatable bonds is 8. The van der Waals surface area contributed by atoms with Crippen molar-refractivity contribution in [1.29, 1.82) is 0 Å². The number of carbonyl (C=O) groups is 2. The fraction of sp³-hybridized carbons (Fsp3) is 0.429. The molecule has 0 aromatic heterocycles. The lowest BCUT2D eigenvalue weighted by Gasteiger charge is -2.31. The van der Waals surface area contributed by atoms with Crippen molar-refractivity contribution >= 4 is 17.4 Å². The number of ketones is 1. The van der Waals surface area contributed by atoms with E-state index >= 15 is 0 Å². The summed E-state index contributed by atoms with van der Waals surface area (Å²) in [5.41, 5.74) is 2.48. The molecule has 7 heteroatoms. The van der Waals surface area contributed by atoms with Gasteiger partial charge in [0.05, 0.1) is 31.4 Å². The first-order chi connectivity index (χ1) is 16.8. The summed E-state index contributed by atoms with van der Waals surface area (Å²) in [5, 5.41) is 11.3. The first kappa shape index (κ1) is 24.9. The maximum Gasteiger partial charge on any atom is 0.295 e. The summed E-state index contributed by atoms with van der Waals surface area (Å²) in [6.45, 7) is 10.7. The van der Waals surface area contributed by atoms with Crippen LogP contribution < -0.4 is 4.74 Å². The van der Waals surface area contributed by atoms with Crippen LogP contribution in [0.15, 0.2) is 54.1 Å². The van der Waals surface area contributed by atoms with Crippen LogP contribution in [0.1, 0.15) is 36.6 Å². The highest BCUT2D eigenvalue weighted by atomic mass is 16.5. The van der Waals surface area contributed by atoms with E-state index < -0.39 is 17.7 Å². The average Bonchev–Trinajstić information content (AvgIpc) is 3.12. The number of hydrogen-bond acceptors (Lipinski definition) is 6. The number of likely N-dealkylation sites (tertiary alicyclic amines) is 1. The van der Waals surface area contributed by atoms with Crippen LogP contribution in [0.5, 0.6) is 5.75 Å². The molecule has 0 spiro atoms. The second-order valence-corrected chi connectivity index (χ2v) is 9.59. The Kier molecular flexibility index (Phi) is 7.88. The van der Waals surface area contributed by atoms with Gasteiger partial charge in [-0.05, 0) is 42.7 Å². The van der Waals surface area contributed by atoms with Gasteiger partial charge in [0.15, 0.2) is 0 Å². The molecule has 2 fully saturated rings. The zero-order valence-corrected chi connectivity index (χ0v) is 20.7. The molecule has 1 amide bonds. The zero-order valence-electron chi connectivity index (χ0n) is 20.7. The van der Waals surface area contributed by atoms with Gasteiger partial charge in [-0.15, -0.1) is 0 Å². The number of Topliss-reactive ketones (excluding diaryl/α,β-unsaturated/α-hetero) is 1. The van der Waals surface area contributed by atoms with Gasteiger partial charge >= 0.3 is 0 Å². The SMILES string of the molecule is Cc1ccc([C@@H]2/C(=C(\O)c3ccc(OCC(C)C)cc3)C(=O)C(=O)N2CCN2CCOCC2)cc1. The van der Waals surface area contributed by atoms with Crippen molar-refractivity contribution in [3.63, 3.8) is 0 Å². The van der Waals surface area contributed by atoms with Crippen LogP contribution in [0.4, 0.5) is 0 Å². The molecular formula is C28H34N2O5. The first-order valence-corrected chi connectivity index (χ1v) is 12.2. The van der Waals surface area contributed by atoms with E-state index in [1.807, 2.05) is 31.2 Å². The topological polar surface area (TPSA) is 79.3 Å². The Balaban J connectivity index is 1.66. The maximum absolute atomic E-state index is 13.2. The number of nitrogens with zero attached hydrogens (tertiary/aromatic N) is 2. The summed E-state index contributed by atoms with van der Waals surface area (Å²) in [7, 11) is 0. The Morgan fingerprint density at radius 3 is 2.31 bits per heavy atom. The van der Waals surface area contributed by atoms with Crippen molar-refractivity contribution in [1.82, 2.24) is 9.80 Å². The van der Waals surface area contributed by atoms with Gasteiger partial charge in [-0.25, -0.2) is 0 Å². The third kappa shape index (κ3) is 5.74. The molecule has 2 aromatic rings. The molecule has 4 rings (SSSR count). The summed E-state index contributed by atoms with van der Waals surface area (Å²) in [6, 6.07) is 14.1. The highest BCUT2D eigenvalue weighted by Crippen LogP contribution is 2.39. The van der Waals surface area contributed by atoms with Crippen LogP contribution in [0.2, 0.25) is 0 Å². The molecule has 2 heterocycles. The Morgan fingerprint density at radius 2 is 1.69 bits per heavy atom. The zero-order chi connectivity index (χ0) is 24.9. The number of hydrogen-bond donors (Lipinski definition) is 1. The third-order valence-electron chi connectivity index (χ3n) is 6.40. The molecular weight excluding hydrogens is 444 g/mol. The maximum atomic E-state index is 13.2. The minimum absolute atomic E-state index is 0.122. The predicted molar refractivity (Wildman–Crippen MR) is 134 cm³/mol. The van der Waals surface area contributed by atoms with Crippen LogP contribution in [0.3, 0.4) is 0 Å². The molecule has 2 saturated heterocycles. The van der Waals surface area contributed by atoms with E-state index in [0.717, 1.165) is 24.2 Å². The molecule has 7 nitrogen and oxygen atoms in total. The molecule has 35 heavy (non-hydrogen) atoms. The third-order valence-corrected chi connectivity index (χ3v) is 6.40. The van der Waals surface area contributed by atoms with Gasteiger partial charge in [-0.2, -0.15) is 0 Å². The molecule has 2 aliphatic heterocycles. The van der Waals surface area contributed by atoms with Crippen molar-refractivity contribution in [2.75, 3.05) is 46.0 Å². The van der Waals surface area contributed by atoms with Gasteiger partial charge in [0.1, 0.15) is 11.5 Å². The van der Waals surface area contributed by atoms with Crippen molar-refractivity contribution in [2.24, 2.45) is 5.92 Å². The lowest BCUT2D eigenvalue weighted by atomic mass is 9.94. The quantitative estimate of drug-likeness (QED) is 0.353. The Morgan fingerprint density at radius 1 is 1.03 bits per heavy atom. The number of aryl methyl sites for hydroxylation is 1. The highest BCUT2D eigenvalue weighted by molar-refractivity contribution is 6.46. The molecule has 0 saturated carbocycles. The highest BCUT2D eigenvalue weighted by Gasteiger charge is 2.46. The van der Waals surface area contributed by atoms with Gasteiger partial charge in [0, 0.05) is 31.7 Å². The monoisotopic (exact) mass is 478 g/mol. The smallest absolute Gasteiger partial charge is 0.295 e. The standard InChI is InChI=1S/C28H34N2O5/c1-19(2)18-35-23-10-8-22(9-11-23)26(31)24-25(21-6-4-20(3)5-7-21)30(28(33)27(24)32)13-12-29-14-16-34-17-15-29/h4-11,19,25,31H,12-18H2,1-3H3/b26-24+/t25-/m1/s1. The largest absolute Gasteiger partial charge is 0.507 e. The van der Waals surface area contributed by atoms with Gasteiger partial charge in [0.25, 0.3) is 11.7 Å². The molecule has 2 aliphatic rings. The van der Waals surface area contributed by atoms with E-state index in [2.05, 4.69) is 18.7 Å². The Bertz CT molecular complexity index is 1070. The van der Waals surface area contributed by atoms with E-state index in [4.69, 9.17) is 9.47 Å². The second-order valence-electron chi connectivity index (χ2n) is 9.59. The van der Waals surface area contributed by atoms with Gasteiger partial charge in [-0.3, -0.25) is 14.5 Å². The normalized spacial score (nSPS) is 20.6. The summed E-state index contributed by atoms with van der Waals surface area (Å²) in [5.74, 6) is -0.321. The summed E-state index contributed by atoms with van der Waals surface area (Å²) in [6.07, 6.45) is 0. The van der Waals surface area contributed by atoms with E-state index in [0.29, 0.717) is 50.1 Å². The number of carbonyl (C=O) groups excluding carboxylic acids is 2. The second kappa shape index (κ2) is 11.1. The lowest BCUT2D eigenvalue weighted by Crippen LogP contribution is -2.42. The number of ether oxygens (including phenoxy) is 2. The van der Waals surface area contributed by atoms with Crippen molar-refractivity contribution in [2.45, 2.75) is 26.8 Å². The van der Waals surface area contributed by atoms with Crippen LogP contribution in [-0.4, -0.2) is 72.6 Å². The molecule has 0 radical (unpaired) electrons. The average molecular weight is 479 g/mol. The summed E-state index contributed by atoms with van der Waals surface area (Å²) >= 11 is 0. The van der Waals surface area contributed by atoms with Crippen LogP contribution in [-0.2, 0) is 14.3 Å². The molecule has 1 N–H and O–H groups in total. The van der Waals surface area contributed by atoms with Crippen molar-refractivity contribution in [3.05, 3.63) is 70.8 Å². The fourth-order valence-corrected chi connectivity index (χ4v) is 4.41. The minimum Gasteiger partial charge on any atom is -0.507 e. The molecule has 0 aliphatic carbocycles. The van der Waals surface area contributed by atoms with Gasteiger partial charge in [-0.1, -0.05) is 43.7 Å². The Hall–Kier alpha value is -3.16. The minimum atomic E-state index is -0.657. The first-order valence-electron chi connectivity index (χ1n) is 12.2. The van der Waals surface area contributed by atoms with Gasteiger partial charge < -0.3 is 19.5 Å².